The van der Waals surface area contributed by atoms with E-state index < -0.39 is 22.5 Å². The maximum atomic E-state index is 12.7. The molecule has 1 aromatic heterocycles. The lowest BCUT2D eigenvalue weighted by molar-refractivity contribution is -0.129. The molecule has 0 saturated carbocycles. The van der Waals surface area contributed by atoms with E-state index in [1.54, 1.807) is 24.3 Å². The Morgan fingerprint density at radius 3 is 2.41 bits per heavy atom. The number of sulfonamides is 1. The zero-order chi connectivity index (χ0) is 21.0. The molecule has 1 amide bonds. The first-order valence-electron chi connectivity index (χ1n) is 8.60. The fourth-order valence-corrected chi connectivity index (χ4v) is 3.74. The number of benzene rings is 2. The van der Waals surface area contributed by atoms with Crippen LogP contribution in [0.25, 0.3) is 11.4 Å². The van der Waals surface area contributed by atoms with Gasteiger partial charge in [0.25, 0.3) is 0 Å². The van der Waals surface area contributed by atoms with E-state index in [0.29, 0.717) is 5.82 Å². The van der Waals surface area contributed by atoms with Gasteiger partial charge in [-0.3, -0.25) is 9.10 Å². The number of aromatic nitrogens is 2. The Kier molecular flexibility index (Phi) is 6.19. The molecule has 0 spiro atoms. The third kappa shape index (κ3) is 5.12. The van der Waals surface area contributed by atoms with Gasteiger partial charge in [-0.15, -0.1) is 0 Å². The molecular formula is C19H19ClN4O4S. The largest absolute Gasteiger partial charge is 0.337 e. The molecule has 2 aromatic carbocycles. The summed E-state index contributed by atoms with van der Waals surface area (Å²) in [6.45, 7) is -0.364. The van der Waals surface area contributed by atoms with Crippen LogP contribution < -0.4 is 4.31 Å². The number of carbonyl (C=O) groups excluding carboxylic acids is 1. The molecule has 0 atom stereocenters. The van der Waals surface area contributed by atoms with Gasteiger partial charge in [0.15, 0.2) is 0 Å². The second-order valence-corrected chi connectivity index (χ2v) is 8.66. The Morgan fingerprint density at radius 1 is 1.10 bits per heavy atom. The van der Waals surface area contributed by atoms with Gasteiger partial charge in [0.2, 0.25) is 27.6 Å². The molecule has 0 saturated heterocycles. The molecule has 3 aromatic rings. The molecular weight excluding hydrogens is 416 g/mol. The summed E-state index contributed by atoms with van der Waals surface area (Å²) in [4.78, 5) is 18.2. The summed E-state index contributed by atoms with van der Waals surface area (Å²) >= 11 is 6.11. The molecule has 0 unspecified atom stereocenters. The Hall–Kier alpha value is -2.91. The van der Waals surface area contributed by atoms with Gasteiger partial charge >= 0.3 is 0 Å². The summed E-state index contributed by atoms with van der Waals surface area (Å²) in [7, 11) is -2.19. The number of nitrogens with zero attached hydrogens (tertiary/aromatic N) is 4. The number of hydrogen-bond donors (Lipinski definition) is 0. The fourth-order valence-electron chi connectivity index (χ4n) is 2.59. The van der Waals surface area contributed by atoms with Crippen LogP contribution in [0.15, 0.2) is 59.1 Å². The highest BCUT2D eigenvalue weighted by Crippen LogP contribution is 2.27. The van der Waals surface area contributed by atoms with E-state index in [1.165, 1.54) is 11.9 Å². The molecule has 0 radical (unpaired) electrons. The summed E-state index contributed by atoms with van der Waals surface area (Å²) in [6, 6.07) is 15.7. The number of rotatable bonds is 7. The monoisotopic (exact) mass is 434 g/mol. The Balaban J connectivity index is 1.73. The lowest BCUT2D eigenvalue weighted by Crippen LogP contribution is -2.41. The number of para-hydroxylation sites is 1. The first-order valence-corrected chi connectivity index (χ1v) is 10.8. The van der Waals surface area contributed by atoms with Gasteiger partial charge in [-0.1, -0.05) is 59.2 Å². The number of likely N-dealkylation sites (N-methyl/N-ethyl adjacent to an activating group) is 1. The molecule has 0 bridgehead atoms. The number of carbonyl (C=O) groups is 1. The standard InChI is InChI=1S/C19H19ClN4O4S/c1-23(12-17-21-19(22-28-17)14-8-4-3-5-9-14)18(25)13-24(29(2,26)27)16-11-7-6-10-15(16)20/h3-11H,12-13H2,1-2H3. The van der Waals surface area contributed by atoms with Gasteiger partial charge in [-0.05, 0) is 12.1 Å². The predicted molar refractivity (Wildman–Crippen MR) is 110 cm³/mol. The molecule has 29 heavy (non-hydrogen) atoms. The van der Waals surface area contributed by atoms with Crippen molar-refractivity contribution in [3.05, 3.63) is 65.5 Å². The molecule has 8 nitrogen and oxygen atoms in total. The molecule has 0 fully saturated rings. The predicted octanol–water partition coefficient (Wildman–Crippen LogP) is 2.81. The summed E-state index contributed by atoms with van der Waals surface area (Å²) in [5, 5.41) is 4.14. The zero-order valence-corrected chi connectivity index (χ0v) is 17.4. The number of halogens is 1. The lowest BCUT2D eigenvalue weighted by atomic mass is 10.2. The fraction of sp³-hybridized carbons (Fsp3) is 0.211. The Morgan fingerprint density at radius 2 is 1.76 bits per heavy atom. The summed E-state index contributed by atoms with van der Waals surface area (Å²) in [5.74, 6) is 0.202. The minimum atomic E-state index is -3.72. The quantitative estimate of drug-likeness (QED) is 0.567. The van der Waals surface area contributed by atoms with Crippen LogP contribution in [0.2, 0.25) is 5.02 Å². The maximum absolute atomic E-state index is 12.7. The highest BCUT2D eigenvalue weighted by Gasteiger charge is 2.25. The van der Waals surface area contributed by atoms with Crippen LogP contribution in [0.4, 0.5) is 5.69 Å². The van der Waals surface area contributed by atoms with Gasteiger partial charge in [0.1, 0.15) is 6.54 Å². The highest BCUT2D eigenvalue weighted by molar-refractivity contribution is 7.92. The van der Waals surface area contributed by atoms with Gasteiger partial charge < -0.3 is 9.42 Å². The van der Waals surface area contributed by atoms with Crippen LogP contribution in [0.5, 0.6) is 0 Å². The van der Waals surface area contributed by atoms with Crippen LogP contribution >= 0.6 is 11.6 Å². The third-order valence-electron chi connectivity index (χ3n) is 4.10. The van der Waals surface area contributed by atoms with Crippen molar-refractivity contribution < 1.29 is 17.7 Å². The second-order valence-electron chi connectivity index (χ2n) is 6.35. The molecule has 0 aliphatic carbocycles. The molecule has 152 valence electrons. The van der Waals surface area contributed by atoms with Crippen LogP contribution in [-0.4, -0.2) is 49.2 Å². The van der Waals surface area contributed by atoms with E-state index in [4.69, 9.17) is 16.1 Å². The van der Waals surface area contributed by atoms with Crippen molar-refractivity contribution in [2.45, 2.75) is 6.54 Å². The minimum Gasteiger partial charge on any atom is -0.337 e. The van der Waals surface area contributed by atoms with Gasteiger partial charge in [-0.25, -0.2) is 8.42 Å². The van der Waals surface area contributed by atoms with E-state index in [2.05, 4.69) is 10.1 Å². The van der Waals surface area contributed by atoms with Crippen LogP contribution in [0, 0.1) is 0 Å². The van der Waals surface area contributed by atoms with E-state index in [-0.39, 0.29) is 23.1 Å². The summed E-state index contributed by atoms with van der Waals surface area (Å²) in [5.41, 5.74) is 1.03. The lowest BCUT2D eigenvalue weighted by Gasteiger charge is -2.25. The second kappa shape index (κ2) is 8.62. The van der Waals surface area contributed by atoms with E-state index in [9.17, 15) is 13.2 Å². The van der Waals surface area contributed by atoms with Crippen molar-refractivity contribution in [3.63, 3.8) is 0 Å². The first kappa shape index (κ1) is 20.8. The van der Waals surface area contributed by atoms with Crippen molar-refractivity contribution in [2.75, 3.05) is 24.2 Å². The number of hydrogen-bond acceptors (Lipinski definition) is 6. The topological polar surface area (TPSA) is 96.6 Å². The third-order valence-corrected chi connectivity index (χ3v) is 5.54. The van der Waals surface area contributed by atoms with Crippen LogP contribution in [-0.2, 0) is 21.4 Å². The molecule has 3 rings (SSSR count). The summed E-state index contributed by atoms with van der Waals surface area (Å²) in [6.07, 6.45) is 1.02. The Bertz CT molecular complexity index is 1100. The smallest absolute Gasteiger partial charge is 0.246 e. The first-order chi connectivity index (χ1) is 13.8. The van der Waals surface area contributed by atoms with Crippen molar-refractivity contribution in [2.24, 2.45) is 0 Å². The zero-order valence-electron chi connectivity index (χ0n) is 15.8. The molecule has 1 heterocycles. The van der Waals surface area contributed by atoms with Crippen molar-refractivity contribution in [1.82, 2.24) is 15.0 Å². The summed E-state index contributed by atoms with van der Waals surface area (Å²) < 4.78 is 30.6. The van der Waals surface area contributed by atoms with Crippen molar-refractivity contribution >= 4 is 33.2 Å². The average molecular weight is 435 g/mol. The minimum absolute atomic E-state index is 0.0405. The molecule has 0 aliphatic rings. The number of anilines is 1. The van der Waals surface area contributed by atoms with Crippen LogP contribution in [0.1, 0.15) is 5.89 Å². The SMILES string of the molecule is CN(Cc1nc(-c2ccccc2)no1)C(=O)CN(c1ccccc1Cl)S(C)(=O)=O. The van der Waals surface area contributed by atoms with Gasteiger partial charge in [0, 0.05) is 12.6 Å². The van der Waals surface area contributed by atoms with Gasteiger partial charge in [-0.2, -0.15) is 4.98 Å². The van der Waals surface area contributed by atoms with Crippen LogP contribution in [0.3, 0.4) is 0 Å². The maximum Gasteiger partial charge on any atom is 0.246 e. The van der Waals surface area contributed by atoms with Gasteiger partial charge in [0.05, 0.1) is 23.5 Å². The van der Waals surface area contributed by atoms with Crippen molar-refractivity contribution in [1.29, 1.82) is 0 Å². The van der Waals surface area contributed by atoms with Crippen molar-refractivity contribution in [3.8, 4) is 11.4 Å². The Labute approximate surface area is 173 Å². The van der Waals surface area contributed by atoms with E-state index >= 15 is 0 Å². The van der Waals surface area contributed by atoms with E-state index in [1.807, 2.05) is 30.3 Å². The normalized spacial score (nSPS) is 11.3. The molecule has 0 N–H and O–H groups in total. The number of amides is 1. The van der Waals surface area contributed by atoms with E-state index in [0.717, 1.165) is 16.1 Å². The average Bonchev–Trinajstić information content (AvgIpc) is 3.15. The molecule has 10 heteroatoms. The molecule has 0 aliphatic heterocycles. The highest BCUT2D eigenvalue weighted by atomic mass is 35.5.